The highest BCUT2D eigenvalue weighted by atomic mass is 32.2. The van der Waals surface area contributed by atoms with Crippen molar-refractivity contribution in [2.24, 2.45) is 5.92 Å². The van der Waals surface area contributed by atoms with Gasteiger partial charge in [-0.15, -0.1) is 0 Å². The normalized spacial score (nSPS) is 16.4. The Labute approximate surface area is 154 Å². The van der Waals surface area contributed by atoms with Gasteiger partial charge in [-0.2, -0.15) is 34.2 Å². The van der Waals surface area contributed by atoms with Crippen molar-refractivity contribution in [2.45, 2.75) is 88.3 Å². The van der Waals surface area contributed by atoms with Crippen molar-refractivity contribution in [1.29, 1.82) is 0 Å². The Morgan fingerprint density at radius 2 is 1.44 bits per heavy atom. The zero-order valence-electron chi connectivity index (χ0n) is 14.8. The number of ketones is 1. The first kappa shape index (κ1) is 24.7. The second-order valence-electron chi connectivity index (χ2n) is 6.51. The molecule has 1 saturated carbocycles. The summed E-state index contributed by atoms with van der Waals surface area (Å²) >= 11 is 4.81. The van der Waals surface area contributed by atoms with Gasteiger partial charge in [-0.1, -0.05) is 52.4 Å². The van der Waals surface area contributed by atoms with E-state index in [-0.39, 0.29) is 4.75 Å². The van der Waals surface area contributed by atoms with Crippen molar-refractivity contribution in [3.8, 4) is 0 Å². The smallest absolute Gasteiger partial charge is 0.298 e. The molecule has 25 heavy (non-hydrogen) atoms. The van der Waals surface area contributed by atoms with Crippen LogP contribution in [0.2, 0.25) is 0 Å². The molecule has 0 aromatic rings. The Morgan fingerprint density at radius 1 is 1.08 bits per heavy atom. The number of carbonyl (C=O) groups excluding carboxylic acids is 1. The molecule has 9 heteroatoms. The molecule has 1 rings (SSSR count). The van der Waals surface area contributed by atoms with E-state index in [1.807, 2.05) is 0 Å². The lowest BCUT2D eigenvalue weighted by Crippen LogP contribution is -2.37. The summed E-state index contributed by atoms with van der Waals surface area (Å²) in [4.78, 5) is 12.6. The first-order valence-electron chi connectivity index (χ1n) is 8.69. The van der Waals surface area contributed by atoms with Crippen molar-refractivity contribution in [3.63, 3.8) is 0 Å². The maximum absolute atomic E-state index is 12.6. The average Bonchev–Trinajstić information content (AvgIpc) is 3.03. The van der Waals surface area contributed by atoms with Gasteiger partial charge in [0, 0.05) is 5.92 Å². The summed E-state index contributed by atoms with van der Waals surface area (Å²) < 4.78 is 57.2. The lowest BCUT2D eigenvalue weighted by molar-refractivity contribution is -0.125. The molecule has 0 saturated heterocycles. The summed E-state index contributed by atoms with van der Waals surface area (Å²) in [5.74, 6) is 0.779. The quantitative estimate of drug-likeness (QED) is 0.331. The zero-order chi connectivity index (χ0) is 19.7. The molecule has 0 spiro atoms. The minimum absolute atomic E-state index is 0.318. The van der Waals surface area contributed by atoms with Crippen LogP contribution in [0, 0.1) is 5.92 Å². The molecule has 150 valence electrons. The van der Waals surface area contributed by atoms with Crippen LogP contribution in [0.4, 0.5) is 13.2 Å². The molecule has 1 aliphatic carbocycles. The summed E-state index contributed by atoms with van der Waals surface area (Å²) in [5.41, 5.74) is -5.53. The molecule has 0 aromatic heterocycles. The van der Waals surface area contributed by atoms with Crippen LogP contribution in [-0.4, -0.2) is 29.0 Å². The van der Waals surface area contributed by atoms with Gasteiger partial charge in [0.15, 0.2) is 5.78 Å². The Balaban J connectivity index is 0.000000609. The van der Waals surface area contributed by atoms with E-state index in [2.05, 4.69) is 13.8 Å². The predicted molar refractivity (Wildman–Crippen MR) is 95.3 cm³/mol. The van der Waals surface area contributed by atoms with E-state index in [1.54, 1.807) is 0 Å². The third kappa shape index (κ3) is 8.77. The van der Waals surface area contributed by atoms with Gasteiger partial charge >= 0.3 is 15.6 Å². The largest absolute Gasteiger partial charge is 0.522 e. The van der Waals surface area contributed by atoms with Gasteiger partial charge in [0.05, 0.1) is 4.75 Å². The van der Waals surface area contributed by atoms with Gasteiger partial charge in [0.1, 0.15) is 0 Å². The standard InChI is InChI=1S/C15H28OS.CHF3O3S/c1-3-5-11-15(17,12-6-4-2)14(16)13-9-7-8-10-13;2-1(3,4)8(5,6)7/h13,17H,3-12H2,1-2H3;(H,5,6,7). The highest BCUT2D eigenvalue weighted by Crippen LogP contribution is 2.37. The molecule has 1 fully saturated rings. The van der Waals surface area contributed by atoms with Crippen molar-refractivity contribution < 1.29 is 30.9 Å². The molecule has 1 aliphatic rings. The highest BCUT2D eigenvalue weighted by Gasteiger charge is 2.44. The average molecular weight is 407 g/mol. The molecule has 0 heterocycles. The van der Waals surface area contributed by atoms with Gasteiger partial charge in [0.25, 0.3) is 0 Å². The molecule has 0 aliphatic heterocycles. The number of Topliss-reactive ketones (excluding diaryl/α,β-unsaturated/α-hetero) is 1. The Bertz CT molecular complexity index is 490. The summed E-state index contributed by atoms with van der Waals surface area (Å²) in [6, 6.07) is 0. The lowest BCUT2D eigenvalue weighted by atomic mass is 9.84. The minimum atomic E-state index is -5.84. The van der Waals surface area contributed by atoms with E-state index in [0.717, 1.165) is 51.4 Å². The number of carbonyl (C=O) groups is 1. The third-order valence-electron chi connectivity index (χ3n) is 4.36. The Hall–Kier alpha value is -0.280. The molecule has 0 unspecified atom stereocenters. The van der Waals surface area contributed by atoms with Crippen LogP contribution in [0.5, 0.6) is 0 Å². The van der Waals surface area contributed by atoms with Crippen LogP contribution in [-0.2, 0) is 14.9 Å². The first-order valence-corrected chi connectivity index (χ1v) is 10.6. The van der Waals surface area contributed by atoms with E-state index in [9.17, 15) is 18.0 Å². The summed E-state index contributed by atoms with van der Waals surface area (Å²) in [7, 11) is -5.84. The first-order chi connectivity index (χ1) is 11.4. The molecule has 0 atom stereocenters. The van der Waals surface area contributed by atoms with Crippen LogP contribution in [0.25, 0.3) is 0 Å². The SMILES string of the molecule is CCCCC(S)(CCCC)C(=O)C1CCCC1.O=S(=O)(O)C(F)(F)F. The minimum Gasteiger partial charge on any atom is -0.298 e. The van der Waals surface area contributed by atoms with Gasteiger partial charge in [-0.25, -0.2) is 0 Å². The fourth-order valence-electron chi connectivity index (χ4n) is 2.88. The lowest BCUT2D eigenvalue weighted by Gasteiger charge is -2.30. The third-order valence-corrected chi connectivity index (χ3v) is 5.62. The molecular formula is C16H29F3O4S2. The molecule has 1 N–H and O–H groups in total. The van der Waals surface area contributed by atoms with E-state index >= 15 is 0 Å². The van der Waals surface area contributed by atoms with E-state index < -0.39 is 15.6 Å². The number of unbranched alkanes of at least 4 members (excludes halogenated alkanes) is 2. The van der Waals surface area contributed by atoms with E-state index in [1.165, 1.54) is 12.8 Å². The van der Waals surface area contributed by atoms with Crippen LogP contribution in [0.15, 0.2) is 0 Å². The summed E-state index contributed by atoms with van der Waals surface area (Å²) in [6.07, 6.45) is 11.2. The topological polar surface area (TPSA) is 71.4 Å². The predicted octanol–water partition coefficient (Wildman–Crippen LogP) is 5.19. The number of halogens is 3. The Morgan fingerprint density at radius 3 is 1.72 bits per heavy atom. The second-order valence-corrected chi connectivity index (χ2v) is 8.77. The van der Waals surface area contributed by atoms with Gasteiger partial charge in [0.2, 0.25) is 0 Å². The van der Waals surface area contributed by atoms with Gasteiger partial charge < -0.3 is 0 Å². The number of thiol groups is 1. The van der Waals surface area contributed by atoms with Crippen LogP contribution < -0.4 is 0 Å². The summed E-state index contributed by atoms with van der Waals surface area (Å²) in [5, 5.41) is 0. The summed E-state index contributed by atoms with van der Waals surface area (Å²) in [6.45, 7) is 4.38. The van der Waals surface area contributed by atoms with Crippen LogP contribution in [0.3, 0.4) is 0 Å². The molecule has 0 amide bonds. The maximum Gasteiger partial charge on any atom is 0.522 e. The number of hydrogen-bond acceptors (Lipinski definition) is 4. The highest BCUT2D eigenvalue weighted by molar-refractivity contribution is 7.86. The van der Waals surface area contributed by atoms with Crippen LogP contribution in [0.1, 0.15) is 78.1 Å². The second kappa shape index (κ2) is 10.8. The molecule has 0 aromatic carbocycles. The van der Waals surface area contributed by atoms with Gasteiger partial charge in [-0.05, 0) is 25.7 Å². The molecule has 0 radical (unpaired) electrons. The van der Waals surface area contributed by atoms with Crippen LogP contribution >= 0.6 is 12.6 Å². The Kier molecular flexibility index (Phi) is 10.6. The van der Waals surface area contributed by atoms with E-state index in [0.29, 0.717) is 11.7 Å². The number of alkyl halides is 3. The molecular weight excluding hydrogens is 377 g/mol. The number of rotatable bonds is 8. The maximum atomic E-state index is 12.6. The molecule has 4 nitrogen and oxygen atoms in total. The number of hydrogen-bond donors (Lipinski definition) is 2. The van der Waals surface area contributed by atoms with Crippen molar-refractivity contribution in [1.82, 2.24) is 0 Å². The molecule has 0 bridgehead atoms. The van der Waals surface area contributed by atoms with E-state index in [4.69, 9.17) is 25.6 Å². The van der Waals surface area contributed by atoms with Crippen molar-refractivity contribution in [3.05, 3.63) is 0 Å². The monoisotopic (exact) mass is 406 g/mol. The fraction of sp³-hybridized carbons (Fsp3) is 0.938. The zero-order valence-corrected chi connectivity index (χ0v) is 16.5. The van der Waals surface area contributed by atoms with Crippen molar-refractivity contribution in [2.75, 3.05) is 0 Å². The van der Waals surface area contributed by atoms with Crippen molar-refractivity contribution >= 4 is 28.5 Å². The van der Waals surface area contributed by atoms with Gasteiger partial charge in [-0.3, -0.25) is 9.35 Å². The fourth-order valence-corrected chi connectivity index (χ4v) is 3.38.